The number of nitrogens with zero attached hydrogens (tertiary/aromatic N) is 3. The summed E-state index contributed by atoms with van der Waals surface area (Å²) < 4.78 is 0. The van der Waals surface area contributed by atoms with Crippen LogP contribution in [0.2, 0.25) is 0 Å². The summed E-state index contributed by atoms with van der Waals surface area (Å²) in [5.41, 5.74) is 1.36. The van der Waals surface area contributed by atoms with Crippen molar-refractivity contribution in [1.29, 1.82) is 0 Å². The van der Waals surface area contributed by atoms with Crippen LogP contribution in [-0.4, -0.2) is 33.1 Å². The molecular formula is C12H13N5O3. The fourth-order valence-electron chi connectivity index (χ4n) is 1.60. The van der Waals surface area contributed by atoms with Crippen LogP contribution in [0.1, 0.15) is 5.56 Å². The summed E-state index contributed by atoms with van der Waals surface area (Å²) in [6.45, 7) is 0.412. The van der Waals surface area contributed by atoms with Crippen molar-refractivity contribution in [2.24, 2.45) is 0 Å². The number of benzene rings is 1. The Morgan fingerprint density at radius 3 is 2.70 bits per heavy atom. The van der Waals surface area contributed by atoms with Crippen molar-refractivity contribution in [2.45, 2.75) is 6.54 Å². The van der Waals surface area contributed by atoms with Crippen LogP contribution in [0.15, 0.2) is 36.7 Å². The minimum Gasteiger partial charge on any atom is -0.323 e. The topological polar surface area (TPSA) is 104 Å². The molecule has 0 radical (unpaired) electrons. The van der Waals surface area contributed by atoms with E-state index in [0.717, 1.165) is 5.56 Å². The molecule has 1 aromatic carbocycles. The van der Waals surface area contributed by atoms with Gasteiger partial charge in [-0.2, -0.15) is 5.10 Å². The van der Waals surface area contributed by atoms with Gasteiger partial charge in [0.05, 0.1) is 17.7 Å². The third kappa shape index (κ3) is 3.31. The molecule has 0 aliphatic heterocycles. The first-order valence-corrected chi connectivity index (χ1v) is 5.80. The van der Waals surface area contributed by atoms with Crippen molar-refractivity contribution in [3.8, 4) is 0 Å². The number of aromatic nitrogens is 2. The molecule has 8 heteroatoms. The number of nitro benzene ring substituents is 1. The first-order chi connectivity index (χ1) is 9.56. The molecule has 0 atom stereocenters. The van der Waals surface area contributed by atoms with Crippen molar-refractivity contribution in [3.63, 3.8) is 0 Å². The minimum absolute atomic E-state index is 0.0187. The van der Waals surface area contributed by atoms with Crippen molar-refractivity contribution in [3.05, 3.63) is 52.3 Å². The second-order valence-electron chi connectivity index (χ2n) is 4.20. The molecule has 0 spiro atoms. The van der Waals surface area contributed by atoms with E-state index in [4.69, 9.17) is 0 Å². The Hall–Kier alpha value is -2.90. The fourth-order valence-corrected chi connectivity index (χ4v) is 1.60. The molecule has 0 bridgehead atoms. The van der Waals surface area contributed by atoms with Gasteiger partial charge in [-0.3, -0.25) is 15.2 Å². The lowest BCUT2D eigenvalue weighted by Crippen LogP contribution is -2.30. The number of carbonyl (C=O) groups is 1. The van der Waals surface area contributed by atoms with Crippen LogP contribution in [0.4, 0.5) is 16.2 Å². The zero-order chi connectivity index (χ0) is 14.5. The van der Waals surface area contributed by atoms with Gasteiger partial charge in [-0.1, -0.05) is 0 Å². The van der Waals surface area contributed by atoms with Crippen molar-refractivity contribution in [1.82, 2.24) is 15.1 Å². The monoisotopic (exact) mass is 275 g/mol. The summed E-state index contributed by atoms with van der Waals surface area (Å²) in [7, 11) is 1.65. The van der Waals surface area contributed by atoms with Gasteiger partial charge in [0.25, 0.3) is 5.69 Å². The Bertz CT molecular complexity index is 594. The molecule has 1 aromatic heterocycles. The van der Waals surface area contributed by atoms with Crippen molar-refractivity contribution < 1.29 is 9.72 Å². The molecule has 2 N–H and O–H groups in total. The van der Waals surface area contributed by atoms with E-state index in [0.29, 0.717) is 12.2 Å². The van der Waals surface area contributed by atoms with Gasteiger partial charge in [-0.05, 0) is 12.1 Å². The third-order valence-electron chi connectivity index (χ3n) is 2.65. The Labute approximate surface area is 114 Å². The Balaban J connectivity index is 1.95. The highest BCUT2D eigenvalue weighted by Gasteiger charge is 2.11. The average Bonchev–Trinajstić information content (AvgIpc) is 2.92. The minimum atomic E-state index is -0.489. The number of rotatable bonds is 4. The molecule has 0 saturated heterocycles. The molecular weight excluding hydrogens is 262 g/mol. The van der Waals surface area contributed by atoms with E-state index in [-0.39, 0.29) is 11.7 Å². The first-order valence-electron chi connectivity index (χ1n) is 5.80. The molecule has 2 aromatic rings. The first kappa shape index (κ1) is 13.5. The van der Waals surface area contributed by atoms with E-state index in [9.17, 15) is 14.9 Å². The Kier molecular flexibility index (Phi) is 3.94. The number of hydrogen-bond donors (Lipinski definition) is 2. The van der Waals surface area contributed by atoms with Gasteiger partial charge in [-0.25, -0.2) is 4.79 Å². The SMILES string of the molecule is CN(Cc1cn[nH]c1)C(=O)Nc1ccc([N+](=O)[O-])cc1. The van der Waals surface area contributed by atoms with Crippen molar-refractivity contribution in [2.75, 3.05) is 12.4 Å². The molecule has 0 aliphatic carbocycles. The van der Waals surface area contributed by atoms with Gasteiger partial charge in [0, 0.05) is 36.6 Å². The molecule has 2 rings (SSSR count). The van der Waals surface area contributed by atoms with Gasteiger partial charge >= 0.3 is 6.03 Å². The maximum absolute atomic E-state index is 11.9. The molecule has 2 amide bonds. The standard InChI is InChI=1S/C12H13N5O3/c1-16(8-9-6-13-14-7-9)12(18)15-10-2-4-11(5-3-10)17(19)20/h2-7H,8H2,1H3,(H,13,14)(H,15,18). The summed E-state index contributed by atoms with van der Waals surface area (Å²) in [6.07, 6.45) is 3.34. The number of anilines is 1. The van der Waals surface area contributed by atoms with Crippen molar-refractivity contribution >= 4 is 17.4 Å². The highest BCUT2D eigenvalue weighted by molar-refractivity contribution is 5.89. The molecule has 104 valence electrons. The number of nitro groups is 1. The summed E-state index contributed by atoms with van der Waals surface area (Å²) in [4.78, 5) is 23.4. The van der Waals surface area contributed by atoms with Gasteiger partial charge in [0.1, 0.15) is 0 Å². The smallest absolute Gasteiger partial charge is 0.321 e. The van der Waals surface area contributed by atoms with Gasteiger partial charge in [0.15, 0.2) is 0 Å². The summed E-state index contributed by atoms with van der Waals surface area (Å²) in [5.74, 6) is 0. The number of H-pyrrole nitrogens is 1. The van der Waals surface area contributed by atoms with E-state index in [2.05, 4.69) is 15.5 Å². The molecule has 0 saturated carbocycles. The number of amides is 2. The van der Waals surface area contributed by atoms with Crippen LogP contribution in [0.25, 0.3) is 0 Å². The number of hydrogen-bond acceptors (Lipinski definition) is 4. The quantitative estimate of drug-likeness (QED) is 0.657. The second-order valence-corrected chi connectivity index (χ2v) is 4.20. The largest absolute Gasteiger partial charge is 0.323 e. The van der Waals surface area contributed by atoms with Crippen LogP contribution < -0.4 is 5.32 Å². The summed E-state index contributed by atoms with van der Waals surface area (Å²) in [6, 6.07) is 5.35. The normalized spacial score (nSPS) is 10.1. The van der Waals surface area contributed by atoms with Crippen LogP contribution in [-0.2, 0) is 6.54 Å². The lowest BCUT2D eigenvalue weighted by molar-refractivity contribution is -0.384. The van der Waals surface area contributed by atoms with Crippen LogP contribution in [0.3, 0.4) is 0 Å². The maximum Gasteiger partial charge on any atom is 0.321 e. The zero-order valence-electron chi connectivity index (χ0n) is 10.7. The fraction of sp³-hybridized carbons (Fsp3) is 0.167. The highest BCUT2D eigenvalue weighted by atomic mass is 16.6. The molecule has 20 heavy (non-hydrogen) atoms. The lowest BCUT2D eigenvalue weighted by Gasteiger charge is -2.16. The lowest BCUT2D eigenvalue weighted by atomic mass is 10.3. The van der Waals surface area contributed by atoms with E-state index in [1.165, 1.54) is 29.2 Å². The van der Waals surface area contributed by atoms with E-state index in [1.807, 2.05) is 0 Å². The van der Waals surface area contributed by atoms with Crippen LogP contribution in [0, 0.1) is 10.1 Å². The third-order valence-corrected chi connectivity index (χ3v) is 2.65. The number of urea groups is 1. The Morgan fingerprint density at radius 2 is 2.15 bits per heavy atom. The summed E-state index contributed by atoms with van der Waals surface area (Å²) in [5, 5.41) is 19.6. The van der Waals surface area contributed by atoms with E-state index >= 15 is 0 Å². The number of aromatic amines is 1. The molecule has 0 fully saturated rings. The van der Waals surface area contributed by atoms with Crippen LogP contribution in [0.5, 0.6) is 0 Å². The highest BCUT2D eigenvalue weighted by Crippen LogP contribution is 2.15. The molecule has 0 aliphatic rings. The van der Waals surface area contributed by atoms with Gasteiger partial charge in [-0.15, -0.1) is 0 Å². The van der Waals surface area contributed by atoms with Gasteiger partial charge in [0.2, 0.25) is 0 Å². The molecule has 1 heterocycles. The zero-order valence-corrected chi connectivity index (χ0v) is 10.7. The number of non-ortho nitro benzene ring substituents is 1. The van der Waals surface area contributed by atoms with Crippen LogP contribution >= 0.6 is 0 Å². The number of nitrogens with one attached hydrogen (secondary N) is 2. The summed E-state index contributed by atoms with van der Waals surface area (Å²) >= 11 is 0. The average molecular weight is 275 g/mol. The molecule has 0 unspecified atom stereocenters. The Morgan fingerprint density at radius 1 is 1.45 bits per heavy atom. The predicted molar refractivity (Wildman–Crippen MR) is 72.2 cm³/mol. The van der Waals surface area contributed by atoms with E-state index < -0.39 is 4.92 Å². The molecule has 8 nitrogen and oxygen atoms in total. The van der Waals surface area contributed by atoms with E-state index in [1.54, 1.807) is 19.4 Å². The predicted octanol–water partition coefficient (Wildman–Crippen LogP) is 1.98. The second kappa shape index (κ2) is 5.83. The van der Waals surface area contributed by atoms with Gasteiger partial charge < -0.3 is 10.2 Å². The maximum atomic E-state index is 11.9. The number of carbonyl (C=O) groups excluding carboxylic acids is 1.